The number of hydrogen-bond donors (Lipinski definition) is 0. The van der Waals surface area contributed by atoms with E-state index in [0.29, 0.717) is 11.3 Å². The van der Waals surface area contributed by atoms with Crippen molar-refractivity contribution in [1.29, 1.82) is 0 Å². The van der Waals surface area contributed by atoms with Gasteiger partial charge in [0.05, 0.1) is 37.2 Å². The number of hydrogen-bond acceptors (Lipinski definition) is 4. The topological polar surface area (TPSA) is 64.4 Å². The molecule has 0 aliphatic carbocycles. The quantitative estimate of drug-likeness (QED) is 0.320. The van der Waals surface area contributed by atoms with Crippen LogP contribution in [0.4, 0.5) is 13.2 Å². The van der Waals surface area contributed by atoms with E-state index >= 15 is 0 Å². The van der Waals surface area contributed by atoms with Crippen LogP contribution in [0.25, 0.3) is 0 Å². The van der Waals surface area contributed by atoms with Crippen molar-refractivity contribution in [3.63, 3.8) is 0 Å². The van der Waals surface area contributed by atoms with Crippen LogP contribution in [0.2, 0.25) is 0 Å². The Morgan fingerprint density at radius 3 is 2.08 bits per heavy atom. The summed E-state index contributed by atoms with van der Waals surface area (Å²) in [5.41, 5.74) is 2.92. The van der Waals surface area contributed by atoms with Gasteiger partial charge in [0, 0.05) is 18.7 Å². The summed E-state index contributed by atoms with van der Waals surface area (Å²) in [6.07, 6.45) is -2.64. The normalized spacial score (nSPS) is 15.2. The van der Waals surface area contributed by atoms with E-state index in [1.807, 2.05) is 65.2 Å². The molecule has 1 aliphatic rings. The average Bonchev–Trinajstić information content (AvgIpc) is 3.34. The lowest BCUT2D eigenvalue weighted by atomic mass is 9.88. The highest BCUT2D eigenvalue weighted by molar-refractivity contribution is 5.91. The number of alkyl halides is 3. The maximum atomic E-state index is 14.1. The van der Waals surface area contributed by atoms with Crippen LogP contribution in [0.1, 0.15) is 39.6 Å². The molecule has 4 aromatic rings. The Kier molecular flexibility index (Phi) is 7.24. The number of fused-ring (bicyclic) bond motifs is 1. The molecule has 0 unspecified atom stereocenters. The number of rotatable bonds is 6. The predicted octanol–water partition coefficient (Wildman–Crippen LogP) is 5.21. The molecule has 0 radical (unpaired) electrons. The lowest BCUT2D eigenvalue weighted by Gasteiger charge is -2.36. The maximum Gasteiger partial charge on any atom is 0.416 e. The van der Waals surface area contributed by atoms with Gasteiger partial charge in [-0.2, -0.15) is 13.2 Å². The van der Waals surface area contributed by atoms with Crippen LogP contribution < -0.4 is 0 Å². The summed E-state index contributed by atoms with van der Waals surface area (Å²) >= 11 is 0. The molecule has 9 heteroatoms. The molecule has 0 saturated carbocycles. The van der Waals surface area contributed by atoms with Crippen molar-refractivity contribution in [2.24, 2.45) is 0 Å². The van der Waals surface area contributed by atoms with Crippen LogP contribution in [0.5, 0.6) is 0 Å². The monoisotopic (exact) mass is 533 g/mol. The summed E-state index contributed by atoms with van der Waals surface area (Å²) in [4.78, 5) is 33.1. The van der Waals surface area contributed by atoms with Gasteiger partial charge < -0.3 is 14.2 Å². The van der Waals surface area contributed by atoms with Crippen molar-refractivity contribution in [2.45, 2.75) is 37.6 Å². The SMILES string of the molecule is COC(=O)[C@@H]1Cc2c(ncn2Cc2ccc(C(F)(F)F)cc2)CN1C(=O)C(c1ccccc1)c1ccccc1. The van der Waals surface area contributed by atoms with Crippen molar-refractivity contribution < 1.29 is 27.5 Å². The molecule has 1 aliphatic heterocycles. The minimum atomic E-state index is -4.41. The summed E-state index contributed by atoms with van der Waals surface area (Å²) in [7, 11) is 1.28. The van der Waals surface area contributed by atoms with Crippen molar-refractivity contribution >= 4 is 11.9 Å². The minimum absolute atomic E-state index is 0.101. The van der Waals surface area contributed by atoms with E-state index in [9.17, 15) is 22.8 Å². The van der Waals surface area contributed by atoms with Crippen LogP contribution in [0.15, 0.2) is 91.3 Å². The van der Waals surface area contributed by atoms with Gasteiger partial charge in [0.25, 0.3) is 0 Å². The lowest BCUT2D eigenvalue weighted by Crippen LogP contribution is -2.51. The van der Waals surface area contributed by atoms with Crippen LogP contribution in [-0.4, -0.2) is 39.5 Å². The molecule has 1 aromatic heterocycles. The molecule has 0 fully saturated rings. The number of aromatic nitrogens is 2. The fourth-order valence-electron chi connectivity index (χ4n) is 5.03. The first-order chi connectivity index (χ1) is 18.8. The number of methoxy groups -OCH3 is 1. The van der Waals surface area contributed by atoms with Gasteiger partial charge in [0.1, 0.15) is 6.04 Å². The third-order valence-electron chi connectivity index (χ3n) is 7.02. The highest BCUT2D eigenvalue weighted by atomic mass is 19.4. The average molecular weight is 534 g/mol. The molecular weight excluding hydrogens is 507 g/mol. The van der Waals surface area contributed by atoms with Crippen molar-refractivity contribution in [1.82, 2.24) is 14.5 Å². The lowest BCUT2D eigenvalue weighted by molar-refractivity contribution is -0.154. The molecule has 2 heterocycles. The Morgan fingerprint density at radius 1 is 0.949 bits per heavy atom. The fraction of sp³-hybridized carbons (Fsp3) is 0.233. The smallest absolute Gasteiger partial charge is 0.416 e. The van der Waals surface area contributed by atoms with E-state index in [1.54, 1.807) is 6.33 Å². The van der Waals surface area contributed by atoms with Gasteiger partial charge in [-0.3, -0.25) is 4.79 Å². The first-order valence-electron chi connectivity index (χ1n) is 12.4. The van der Waals surface area contributed by atoms with Gasteiger partial charge in [-0.25, -0.2) is 9.78 Å². The molecule has 0 bridgehead atoms. The molecule has 0 saturated heterocycles. The van der Waals surface area contributed by atoms with Gasteiger partial charge in [0.15, 0.2) is 0 Å². The van der Waals surface area contributed by atoms with Gasteiger partial charge in [-0.1, -0.05) is 72.8 Å². The Hall–Kier alpha value is -4.40. The second-order valence-electron chi connectivity index (χ2n) is 9.42. The van der Waals surface area contributed by atoms with Crippen LogP contribution in [-0.2, 0) is 40.0 Å². The summed E-state index contributed by atoms with van der Waals surface area (Å²) < 4.78 is 45.8. The molecule has 39 heavy (non-hydrogen) atoms. The Bertz CT molecular complexity index is 1410. The summed E-state index contributed by atoms with van der Waals surface area (Å²) in [6.45, 7) is 0.378. The van der Waals surface area contributed by atoms with Crippen LogP contribution >= 0.6 is 0 Å². The summed E-state index contributed by atoms with van der Waals surface area (Å²) in [5.74, 6) is -1.42. The zero-order chi connectivity index (χ0) is 27.6. The van der Waals surface area contributed by atoms with Gasteiger partial charge in [0.2, 0.25) is 5.91 Å². The fourth-order valence-corrected chi connectivity index (χ4v) is 5.03. The Morgan fingerprint density at radius 2 is 1.54 bits per heavy atom. The molecule has 1 atom stereocenters. The van der Waals surface area contributed by atoms with E-state index in [4.69, 9.17) is 4.74 Å². The van der Waals surface area contributed by atoms with E-state index in [1.165, 1.54) is 24.1 Å². The number of amides is 1. The van der Waals surface area contributed by atoms with E-state index < -0.39 is 29.7 Å². The number of carbonyl (C=O) groups excluding carboxylic acids is 2. The van der Waals surface area contributed by atoms with Gasteiger partial charge in [-0.05, 0) is 28.8 Å². The molecule has 0 spiro atoms. The van der Waals surface area contributed by atoms with Gasteiger partial charge in [-0.15, -0.1) is 0 Å². The standard InChI is InChI=1S/C30H26F3N3O3/c1-39-29(38)26-16-25-24(34-19-35(25)17-20-12-14-23(15-13-20)30(31,32)33)18-36(26)28(37)27(21-8-4-2-5-9-21)22-10-6-3-7-11-22/h2-15,19,26-27H,16-18H2,1H3/t26-/m0/s1. The van der Waals surface area contributed by atoms with Crippen LogP contribution in [0.3, 0.4) is 0 Å². The number of ether oxygens (including phenoxy) is 1. The van der Waals surface area contributed by atoms with Crippen LogP contribution in [0, 0.1) is 0 Å². The molecule has 1 amide bonds. The number of nitrogens with zero attached hydrogens (tertiary/aromatic N) is 3. The zero-order valence-electron chi connectivity index (χ0n) is 21.1. The Balaban J connectivity index is 1.46. The van der Waals surface area contributed by atoms with Gasteiger partial charge >= 0.3 is 12.1 Å². The third-order valence-corrected chi connectivity index (χ3v) is 7.02. The highest BCUT2D eigenvalue weighted by Crippen LogP contribution is 2.33. The van der Waals surface area contributed by atoms with Crippen molar-refractivity contribution in [3.8, 4) is 0 Å². The van der Waals surface area contributed by atoms with E-state index in [-0.39, 0.29) is 25.4 Å². The molecule has 6 nitrogen and oxygen atoms in total. The summed E-state index contributed by atoms with van der Waals surface area (Å²) in [6, 6.07) is 22.8. The van der Waals surface area contributed by atoms with Crippen molar-refractivity contribution in [2.75, 3.05) is 7.11 Å². The second kappa shape index (κ2) is 10.8. The number of imidazole rings is 1. The largest absolute Gasteiger partial charge is 0.467 e. The third kappa shape index (κ3) is 5.43. The first-order valence-corrected chi connectivity index (χ1v) is 12.4. The predicted molar refractivity (Wildman–Crippen MR) is 138 cm³/mol. The maximum absolute atomic E-state index is 14.1. The highest BCUT2D eigenvalue weighted by Gasteiger charge is 2.40. The second-order valence-corrected chi connectivity index (χ2v) is 9.42. The number of carbonyl (C=O) groups is 2. The number of esters is 1. The first kappa shape index (κ1) is 26.2. The molecule has 5 rings (SSSR count). The summed E-state index contributed by atoms with van der Waals surface area (Å²) in [5, 5.41) is 0. The Labute approximate surface area is 223 Å². The van der Waals surface area contributed by atoms with E-state index in [2.05, 4.69) is 4.98 Å². The molecule has 3 aromatic carbocycles. The number of benzene rings is 3. The van der Waals surface area contributed by atoms with E-state index in [0.717, 1.165) is 29.0 Å². The molecular formula is C30H26F3N3O3. The van der Waals surface area contributed by atoms with Crippen molar-refractivity contribution in [3.05, 3.63) is 125 Å². The zero-order valence-corrected chi connectivity index (χ0v) is 21.1. The molecule has 200 valence electrons. The minimum Gasteiger partial charge on any atom is -0.467 e. The number of halogens is 3. The molecule has 0 N–H and O–H groups in total.